The van der Waals surface area contributed by atoms with Crippen LogP contribution >= 0.6 is 0 Å². The van der Waals surface area contributed by atoms with Crippen molar-refractivity contribution in [2.45, 2.75) is 17.5 Å². The Balaban J connectivity index is 2.39. The molecule has 0 fully saturated rings. The lowest BCUT2D eigenvalue weighted by Crippen LogP contribution is -2.52. The molecule has 0 N–H and O–H groups in total. The zero-order chi connectivity index (χ0) is 19.0. The molecule has 0 amide bonds. The van der Waals surface area contributed by atoms with Crippen LogP contribution in [-0.2, 0) is 14.9 Å². The highest BCUT2D eigenvalue weighted by Crippen LogP contribution is 2.38. The number of fused-ring (bicyclic) bond motifs is 1. The van der Waals surface area contributed by atoms with Crippen molar-refractivity contribution in [3.05, 3.63) is 48.0 Å². The number of carbonyl (C=O) groups excluding carboxylic acids is 1. The first-order chi connectivity index (χ1) is 11.3. The van der Waals surface area contributed by atoms with Crippen molar-refractivity contribution in [2.24, 2.45) is 0 Å². The van der Waals surface area contributed by atoms with E-state index in [-0.39, 0.29) is 0 Å². The van der Waals surface area contributed by atoms with Gasteiger partial charge in [0.25, 0.3) is 6.10 Å². The molecule has 0 aliphatic rings. The van der Waals surface area contributed by atoms with Crippen LogP contribution in [0.1, 0.15) is 10.4 Å². The van der Waals surface area contributed by atoms with Crippen LogP contribution in [0.4, 0.5) is 22.0 Å². The van der Waals surface area contributed by atoms with Gasteiger partial charge in [-0.25, -0.2) is 13.2 Å². The van der Waals surface area contributed by atoms with E-state index in [1.807, 2.05) is 0 Å². The molecule has 2 aromatic carbocycles. The van der Waals surface area contributed by atoms with Crippen LogP contribution in [0.3, 0.4) is 0 Å². The Morgan fingerprint density at radius 1 is 1.00 bits per heavy atom. The van der Waals surface area contributed by atoms with Crippen LogP contribution in [0, 0.1) is 0 Å². The highest BCUT2D eigenvalue weighted by Gasteiger charge is 2.63. The van der Waals surface area contributed by atoms with Gasteiger partial charge in [-0.2, -0.15) is 22.0 Å². The number of benzene rings is 2. The van der Waals surface area contributed by atoms with Gasteiger partial charge < -0.3 is 9.29 Å². The number of hydrogen-bond acceptors (Lipinski definition) is 5. The Bertz CT molecular complexity index is 907. The van der Waals surface area contributed by atoms with Crippen molar-refractivity contribution in [3.8, 4) is 0 Å². The summed E-state index contributed by atoms with van der Waals surface area (Å²) in [5.41, 5.74) is -0.521. The van der Waals surface area contributed by atoms with E-state index in [0.717, 1.165) is 12.1 Å². The van der Waals surface area contributed by atoms with Crippen molar-refractivity contribution in [2.75, 3.05) is 0 Å². The summed E-state index contributed by atoms with van der Waals surface area (Å²) < 4.78 is 99.7. The maximum atomic E-state index is 13.3. The summed E-state index contributed by atoms with van der Waals surface area (Å²) in [7, 11) is -6.73. The third-order valence-corrected chi connectivity index (χ3v) is 4.03. The number of esters is 1. The topological polar surface area (TPSA) is 83.5 Å². The average molecular weight is 383 g/mol. The standard InChI is InChI=1S/C14H9F5O5S/c15-13(16,17)12(14(18,19)25(21,22)23)24-11(20)10-6-5-8-3-1-2-4-9(8)7-10/h1-7,12H,(H,21,22,23)/p-1. The SMILES string of the molecule is O=C(OC(C(F)(F)F)C(F)(F)S(=O)(=O)[O-])c1ccc2ccccc2c1. The monoisotopic (exact) mass is 383 g/mol. The number of alkyl halides is 5. The van der Waals surface area contributed by atoms with Gasteiger partial charge in [-0.1, -0.05) is 30.3 Å². The zero-order valence-electron chi connectivity index (χ0n) is 12.0. The summed E-state index contributed by atoms with van der Waals surface area (Å²) in [5.74, 6) is -1.85. The second-order valence-corrected chi connectivity index (χ2v) is 6.36. The molecule has 11 heteroatoms. The van der Waals surface area contributed by atoms with Crippen molar-refractivity contribution in [1.82, 2.24) is 0 Å². The van der Waals surface area contributed by atoms with Gasteiger partial charge in [0, 0.05) is 0 Å². The summed E-state index contributed by atoms with van der Waals surface area (Å²) in [4.78, 5) is 11.8. The van der Waals surface area contributed by atoms with Crippen molar-refractivity contribution < 1.29 is 44.5 Å². The van der Waals surface area contributed by atoms with E-state index in [1.54, 1.807) is 18.2 Å². The van der Waals surface area contributed by atoms with E-state index in [4.69, 9.17) is 0 Å². The second kappa shape index (κ2) is 6.23. The molecule has 0 aromatic heterocycles. The van der Waals surface area contributed by atoms with Crippen LogP contribution in [-0.4, -0.2) is 36.5 Å². The quantitative estimate of drug-likeness (QED) is 0.460. The molecular formula is C14H8F5O5S-. The van der Waals surface area contributed by atoms with Gasteiger partial charge in [0.05, 0.1) is 5.56 Å². The number of rotatable bonds is 4. The number of carbonyl (C=O) groups is 1. The smallest absolute Gasteiger partial charge is 0.432 e. The van der Waals surface area contributed by atoms with Gasteiger partial charge in [-0.05, 0) is 22.9 Å². The minimum atomic E-state index is -6.73. The third-order valence-electron chi connectivity index (χ3n) is 3.15. The Kier molecular flexibility index (Phi) is 4.75. The lowest BCUT2D eigenvalue weighted by Gasteiger charge is -2.29. The van der Waals surface area contributed by atoms with E-state index < -0.39 is 39.2 Å². The molecule has 0 bridgehead atoms. The summed E-state index contributed by atoms with van der Waals surface area (Å²) >= 11 is 0. The predicted octanol–water partition coefficient (Wildman–Crippen LogP) is 3.07. The Hall–Kier alpha value is -2.27. The maximum Gasteiger partial charge on any atom is 0.432 e. The van der Waals surface area contributed by atoms with Gasteiger partial charge in [0.1, 0.15) is 0 Å². The minimum Gasteiger partial charge on any atom is -0.743 e. The molecule has 1 unspecified atom stereocenters. The summed E-state index contributed by atoms with van der Waals surface area (Å²) in [5, 5.41) is -4.86. The molecule has 2 aromatic rings. The first-order valence-corrected chi connectivity index (χ1v) is 7.84. The lowest BCUT2D eigenvalue weighted by molar-refractivity contribution is -0.248. The predicted molar refractivity (Wildman–Crippen MR) is 73.9 cm³/mol. The molecule has 0 aliphatic heterocycles. The van der Waals surface area contributed by atoms with Gasteiger partial charge in [-0.3, -0.25) is 0 Å². The highest BCUT2D eigenvalue weighted by atomic mass is 32.2. The molecule has 25 heavy (non-hydrogen) atoms. The third kappa shape index (κ3) is 3.87. The van der Waals surface area contributed by atoms with Crippen molar-refractivity contribution >= 4 is 26.9 Å². The fourth-order valence-corrected chi connectivity index (χ4v) is 2.39. The molecule has 0 spiro atoms. The summed E-state index contributed by atoms with van der Waals surface area (Å²) in [6.45, 7) is 0. The van der Waals surface area contributed by atoms with Crippen LogP contribution in [0.2, 0.25) is 0 Å². The van der Waals surface area contributed by atoms with Crippen LogP contribution in [0.5, 0.6) is 0 Å². The molecule has 0 heterocycles. The summed E-state index contributed by atoms with van der Waals surface area (Å²) in [6.07, 6.45) is -10.4. The van der Waals surface area contributed by atoms with Gasteiger partial charge >= 0.3 is 17.4 Å². The van der Waals surface area contributed by atoms with E-state index in [1.165, 1.54) is 12.1 Å². The molecule has 0 saturated carbocycles. The number of halogens is 5. The molecular weight excluding hydrogens is 375 g/mol. The Morgan fingerprint density at radius 2 is 1.56 bits per heavy atom. The van der Waals surface area contributed by atoms with Gasteiger partial charge in [0.15, 0.2) is 10.1 Å². The molecule has 136 valence electrons. The van der Waals surface area contributed by atoms with E-state index in [9.17, 15) is 39.7 Å². The molecule has 5 nitrogen and oxygen atoms in total. The highest BCUT2D eigenvalue weighted by molar-refractivity contribution is 7.86. The Labute approximate surface area is 137 Å². The average Bonchev–Trinajstić information content (AvgIpc) is 2.49. The first kappa shape index (κ1) is 19.1. The fourth-order valence-electron chi connectivity index (χ4n) is 1.95. The van der Waals surface area contributed by atoms with Crippen LogP contribution < -0.4 is 0 Å². The van der Waals surface area contributed by atoms with Crippen LogP contribution in [0.25, 0.3) is 10.8 Å². The number of ether oxygens (including phenoxy) is 1. The molecule has 1 atom stereocenters. The first-order valence-electron chi connectivity index (χ1n) is 6.44. The zero-order valence-corrected chi connectivity index (χ0v) is 12.8. The molecule has 0 radical (unpaired) electrons. The Morgan fingerprint density at radius 3 is 2.08 bits per heavy atom. The molecule has 0 aliphatic carbocycles. The van der Waals surface area contributed by atoms with Crippen molar-refractivity contribution in [3.63, 3.8) is 0 Å². The van der Waals surface area contributed by atoms with Gasteiger partial charge in [-0.15, -0.1) is 0 Å². The van der Waals surface area contributed by atoms with Crippen LogP contribution in [0.15, 0.2) is 42.5 Å². The largest absolute Gasteiger partial charge is 0.743 e. The number of hydrogen-bond donors (Lipinski definition) is 0. The second-order valence-electron chi connectivity index (χ2n) is 4.90. The van der Waals surface area contributed by atoms with Gasteiger partial charge in [0.2, 0.25) is 0 Å². The van der Waals surface area contributed by atoms with E-state index >= 15 is 0 Å². The van der Waals surface area contributed by atoms with E-state index in [0.29, 0.717) is 10.8 Å². The lowest BCUT2D eigenvalue weighted by atomic mass is 10.1. The van der Waals surface area contributed by atoms with Crippen molar-refractivity contribution in [1.29, 1.82) is 0 Å². The minimum absolute atomic E-state index is 0.406. The fraction of sp³-hybridized carbons (Fsp3) is 0.214. The normalized spacial score (nSPS) is 14.3. The molecule has 2 rings (SSSR count). The van der Waals surface area contributed by atoms with E-state index in [2.05, 4.69) is 4.74 Å². The summed E-state index contributed by atoms with van der Waals surface area (Å²) in [6, 6.07) is 9.77. The maximum absolute atomic E-state index is 13.3. The molecule has 0 saturated heterocycles.